The Bertz CT molecular complexity index is 315. The Morgan fingerprint density at radius 3 is 2.71 bits per heavy atom. The van der Waals surface area contributed by atoms with Crippen LogP contribution in [0.3, 0.4) is 0 Å². The molecule has 0 saturated heterocycles. The first kappa shape index (κ1) is 10.6. The zero-order valence-electron chi connectivity index (χ0n) is 7.55. The highest BCUT2D eigenvalue weighted by atomic mass is 16.4. The second-order valence-corrected chi connectivity index (χ2v) is 3.04. The molecule has 0 aromatic carbocycles. The third-order valence-corrected chi connectivity index (χ3v) is 1.94. The molecular formula is C9H12N2O3. The predicted molar refractivity (Wildman–Crippen MR) is 49.6 cm³/mol. The van der Waals surface area contributed by atoms with Gasteiger partial charge in [0, 0.05) is 24.9 Å². The van der Waals surface area contributed by atoms with Crippen LogP contribution in [-0.2, 0) is 11.2 Å². The van der Waals surface area contributed by atoms with E-state index in [1.54, 1.807) is 18.2 Å². The first-order valence-electron chi connectivity index (χ1n) is 4.14. The van der Waals surface area contributed by atoms with Gasteiger partial charge in [-0.2, -0.15) is 0 Å². The van der Waals surface area contributed by atoms with Gasteiger partial charge in [0.2, 0.25) is 0 Å². The van der Waals surface area contributed by atoms with E-state index in [9.17, 15) is 9.90 Å². The molecule has 0 aliphatic heterocycles. The molecule has 0 saturated carbocycles. The molecule has 4 N–H and O–H groups in total. The Morgan fingerprint density at radius 1 is 1.57 bits per heavy atom. The highest BCUT2D eigenvalue weighted by Crippen LogP contribution is 2.10. The fourth-order valence-electron chi connectivity index (χ4n) is 1.04. The monoisotopic (exact) mass is 196 g/mol. The van der Waals surface area contributed by atoms with Crippen LogP contribution in [0, 0.1) is 0 Å². The molecule has 1 heterocycles. The minimum absolute atomic E-state index is 0.0837. The van der Waals surface area contributed by atoms with Crippen molar-refractivity contribution in [2.24, 2.45) is 5.73 Å². The number of carbonyl (C=O) groups is 1. The van der Waals surface area contributed by atoms with Gasteiger partial charge in [0.1, 0.15) is 0 Å². The quantitative estimate of drug-likeness (QED) is 0.597. The molecule has 0 amide bonds. The van der Waals surface area contributed by atoms with E-state index in [2.05, 4.69) is 4.98 Å². The number of aromatic nitrogens is 1. The molecule has 0 aliphatic carbocycles. The Morgan fingerprint density at radius 2 is 2.29 bits per heavy atom. The second-order valence-electron chi connectivity index (χ2n) is 3.04. The third kappa shape index (κ3) is 2.27. The predicted octanol–water partition coefficient (Wildman–Crippen LogP) is -0.602. The van der Waals surface area contributed by atoms with Gasteiger partial charge in [0.05, 0.1) is 0 Å². The van der Waals surface area contributed by atoms with Gasteiger partial charge in [0.25, 0.3) is 0 Å². The largest absolute Gasteiger partial charge is 0.479 e. The SMILES string of the molecule is NCC(O)(Cc1ccccn1)C(=O)O. The first-order chi connectivity index (χ1) is 6.58. The number of nitrogens with zero attached hydrogens (tertiary/aromatic N) is 1. The molecule has 0 bridgehead atoms. The van der Waals surface area contributed by atoms with Crippen molar-refractivity contribution < 1.29 is 15.0 Å². The second kappa shape index (κ2) is 4.17. The van der Waals surface area contributed by atoms with Crippen LogP contribution < -0.4 is 5.73 Å². The molecule has 0 fully saturated rings. The van der Waals surface area contributed by atoms with Gasteiger partial charge >= 0.3 is 5.97 Å². The van der Waals surface area contributed by atoms with E-state index < -0.39 is 11.6 Å². The van der Waals surface area contributed by atoms with E-state index in [0.717, 1.165) is 0 Å². The van der Waals surface area contributed by atoms with Crippen molar-refractivity contribution >= 4 is 5.97 Å². The smallest absolute Gasteiger partial charge is 0.337 e. The normalized spacial score (nSPS) is 14.7. The number of hydrogen-bond acceptors (Lipinski definition) is 4. The standard InChI is InChI=1S/C9H12N2O3/c10-6-9(14,8(12)13)5-7-3-1-2-4-11-7/h1-4,14H,5-6,10H2,(H,12,13). The van der Waals surface area contributed by atoms with Crippen molar-refractivity contribution in [1.82, 2.24) is 4.98 Å². The van der Waals surface area contributed by atoms with Crippen molar-refractivity contribution in [3.63, 3.8) is 0 Å². The van der Waals surface area contributed by atoms with E-state index in [-0.39, 0.29) is 13.0 Å². The summed E-state index contributed by atoms with van der Waals surface area (Å²) in [6.45, 7) is -0.334. The van der Waals surface area contributed by atoms with Gasteiger partial charge in [-0.3, -0.25) is 4.98 Å². The minimum atomic E-state index is -1.92. The fraction of sp³-hybridized carbons (Fsp3) is 0.333. The average Bonchev–Trinajstić information content (AvgIpc) is 2.19. The molecule has 1 unspecified atom stereocenters. The number of carboxylic acids is 1. The Balaban J connectivity index is 2.81. The first-order valence-corrected chi connectivity index (χ1v) is 4.14. The number of rotatable bonds is 4. The van der Waals surface area contributed by atoms with Crippen molar-refractivity contribution in [3.05, 3.63) is 30.1 Å². The highest BCUT2D eigenvalue weighted by molar-refractivity contribution is 5.77. The summed E-state index contributed by atoms with van der Waals surface area (Å²) in [6.07, 6.45) is 1.45. The number of nitrogens with two attached hydrogens (primary N) is 1. The van der Waals surface area contributed by atoms with E-state index in [0.29, 0.717) is 5.69 Å². The lowest BCUT2D eigenvalue weighted by atomic mass is 9.98. The average molecular weight is 196 g/mol. The van der Waals surface area contributed by atoms with Gasteiger partial charge in [-0.05, 0) is 12.1 Å². The van der Waals surface area contributed by atoms with Crippen LogP contribution in [0.25, 0.3) is 0 Å². The molecule has 1 aromatic rings. The lowest BCUT2D eigenvalue weighted by Gasteiger charge is -2.20. The van der Waals surface area contributed by atoms with Crippen LogP contribution >= 0.6 is 0 Å². The summed E-state index contributed by atoms with van der Waals surface area (Å²) in [6, 6.07) is 5.08. The number of aliphatic carboxylic acids is 1. The topological polar surface area (TPSA) is 96.4 Å². The van der Waals surface area contributed by atoms with Crippen LogP contribution in [0.1, 0.15) is 5.69 Å². The van der Waals surface area contributed by atoms with E-state index >= 15 is 0 Å². The van der Waals surface area contributed by atoms with Crippen LogP contribution in [0.2, 0.25) is 0 Å². The van der Waals surface area contributed by atoms with Crippen LogP contribution in [0.4, 0.5) is 0 Å². The molecule has 5 nitrogen and oxygen atoms in total. The van der Waals surface area contributed by atoms with E-state index in [4.69, 9.17) is 10.8 Å². The molecule has 0 radical (unpaired) electrons. The van der Waals surface area contributed by atoms with Crippen molar-refractivity contribution in [3.8, 4) is 0 Å². The van der Waals surface area contributed by atoms with Gasteiger partial charge < -0.3 is 15.9 Å². The molecule has 1 aromatic heterocycles. The minimum Gasteiger partial charge on any atom is -0.479 e. The van der Waals surface area contributed by atoms with E-state index in [1.807, 2.05) is 0 Å². The molecule has 0 spiro atoms. The zero-order valence-corrected chi connectivity index (χ0v) is 7.55. The molecule has 5 heteroatoms. The summed E-state index contributed by atoms with van der Waals surface area (Å²) in [5, 5.41) is 18.3. The number of pyridine rings is 1. The van der Waals surface area contributed by atoms with Crippen LogP contribution in [0.5, 0.6) is 0 Å². The van der Waals surface area contributed by atoms with Gasteiger partial charge in [-0.25, -0.2) is 4.79 Å². The maximum atomic E-state index is 10.7. The molecule has 76 valence electrons. The Labute approximate surface area is 81.2 Å². The lowest BCUT2D eigenvalue weighted by molar-refractivity contribution is -0.157. The Hall–Kier alpha value is -1.46. The number of aliphatic hydroxyl groups is 1. The number of hydrogen-bond donors (Lipinski definition) is 3. The maximum Gasteiger partial charge on any atom is 0.337 e. The van der Waals surface area contributed by atoms with Crippen LogP contribution in [0.15, 0.2) is 24.4 Å². The van der Waals surface area contributed by atoms with Gasteiger partial charge in [-0.15, -0.1) is 0 Å². The molecule has 1 atom stereocenters. The van der Waals surface area contributed by atoms with Gasteiger partial charge in [0.15, 0.2) is 5.60 Å². The summed E-state index contributed by atoms with van der Waals surface area (Å²) in [4.78, 5) is 14.6. The number of carboxylic acid groups (broad SMARTS) is 1. The lowest BCUT2D eigenvalue weighted by Crippen LogP contribution is -2.47. The summed E-state index contributed by atoms with van der Waals surface area (Å²) in [7, 11) is 0. The van der Waals surface area contributed by atoms with Crippen molar-refractivity contribution in [2.75, 3.05) is 6.54 Å². The Kier molecular flexibility index (Phi) is 3.16. The van der Waals surface area contributed by atoms with Crippen LogP contribution in [-0.4, -0.2) is 33.3 Å². The summed E-state index contributed by atoms with van der Waals surface area (Å²) >= 11 is 0. The summed E-state index contributed by atoms with van der Waals surface area (Å²) in [5.41, 5.74) is 3.78. The molecule has 0 aliphatic rings. The molecule has 14 heavy (non-hydrogen) atoms. The summed E-state index contributed by atoms with van der Waals surface area (Å²) < 4.78 is 0. The van der Waals surface area contributed by atoms with E-state index in [1.165, 1.54) is 6.20 Å². The maximum absolute atomic E-state index is 10.7. The van der Waals surface area contributed by atoms with Gasteiger partial charge in [-0.1, -0.05) is 6.07 Å². The van der Waals surface area contributed by atoms with Crippen molar-refractivity contribution in [1.29, 1.82) is 0 Å². The molecule has 1 rings (SSSR count). The zero-order chi connectivity index (χ0) is 10.6. The highest BCUT2D eigenvalue weighted by Gasteiger charge is 2.34. The molecular weight excluding hydrogens is 184 g/mol. The fourth-order valence-corrected chi connectivity index (χ4v) is 1.04. The summed E-state index contributed by atoms with van der Waals surface area (Å²) in [5.74, 6) is -1.33. The van der Waals surface area contributed by atoms with Crippen molar-refractivity contribution in [2.45, 2.75) is 12.0 Å². The third-order valence-electron chi connectivity index (χ3n) is 1.94.